The maximum absolute atomic E-state index is 13.2. The van der Waals surface area contributed by atoms with E-state index in [1.807, 2.05) is 24.3 Å². The largest absolute Gasteiger partial charge is 0.505 e. The summed E-state index contributed by atoms with van der Waals surface area (Å²) in [5.74, 6) is -0.906. The molecule has 0 saturated carbocycles. The van der Waals surface area contributed by atoms with Gasteiger partial charge >= 0.3 is 0 Å². The number of aromatic hydroxyl groups is 1. The monoisotopic (exact) mass is 259 g/mol. The highest BCUT2D eigenvalue weighted by molar-refractivity contribution is 7.18. The first-order chi connectivity index (χ1) is 8.72. The Morgan fingerprint density at radius 2 is 2.00 bits per heavy atom. The van der Waals surface area contributed by atoms with Crippen LogP contribution in [0.2, 0.25) is 0 Å². The summed E-state index contributed by atoms with van der Waals surface area (Å²) in [5.41, 5.74) is 1.78. The molecule has 1 aromatic heterocycles. The van der Waals surface area contributed by atoms with E-state index in [4.69, 9.17) is 5.11 Å². The van der Waals surface area contributed by atoms with Gasteiger partial charge in [0.05, 0.1) is 15.2 Å². The third-order valence-corrected chi connectivity index (χ3v) is 3.74. The van der Waals surface area contributed by atoms with Crippen molar-refractivity contribution in [2.75, 3.05) is 0 Å². The SMILES string of the molecule is Oc1ccc(Cc2nc3ccccc3s2)cc1F. The predicted molar refractivity (Wildman–Crippen MR) is 70.5 cm³/mol. The lowest BCUT2D eigenvalue weighted by atomic mass is 10.1. The molecule has 1 N–H and O–H groups in total. The van der Waals surface area contributed by atoms with E-state index in [9.17, 15) is 4.39 Å². The van der Waals surface area contributed by atoms with E-state index in [1.165, 1.54) is 12.1 Å². The number of hydrogen-bond acceptors (Lipinski definition) is 3. The first kappa shape index (κ1) is 11.2. The van der Waals surface area contributed by atoms with Gasteiger partial charge < -0.3 is 5.11 Å². The second kappa shape index (κ2) is 4.38. The maximum Gasteiger partial charge on any atom is 0.165 e. The van der Waals surface area contributed by atoms with Crippen molar-refractivity contribution in [2.24, 2.45) is 0 Å². The molecule has 2 nitrogen and oxygen atoms in total. The van der Waals surface area contributed by atoms with Gasteiger partial charge in [0.15, 0.2) is 11.6 Å². The zero-order valence-electron chi connectivity index (χ0n) is 9.43. The first-order valence-corrected chi connectivity index (χ1v) is 6.36. The Bertz CT molecular complexity index is 675. The summed E-state index contributed by atoms with van der Waals surface area (Å²) in [4.78, 5) is 4.49. The van der Waals surface area contributed by atoms with Gasteiger partial charge in [0, 0.05) is 6.42 Å². The minimum absolute atomic E-state index is 0.317. The van der Waals surface area contributed by atoms with Crippen LogP contribution in [0.15, 0.2) is 42.5 Å². The van der Waals surface area contributed by atoms with E-state index in [2.05, 4.69) is 4.98 Å². The molecule has 0 saturated heterocycles. The lowest BCUT2D eigenvalue weighted by molar-refractivity contribution is 0.432. The molecule has 0 atom stereocenters. The number of hydrogen-bond donors (Lipinski definition) is 1. The Hall–Kier alpha value is -1.94. The Labute approximate surface area is 107 Å². The van der Waals surface area contributed by atoms with Crippen LogP contribution in [-0.2, 0) is 6.42 Å². The predicted octanol–water partition coefficient (Wildman–Crippen LogP) is 3.73. The number of halogens is 1. The molecule has 4 heteroatoms. The van der Waals surface area contributed by atoms with Crippen LogP contribution in [0, 0.1) is 5.82 Å². The summed E-state index contributed by atoms with van der Waals surface area (Å²) >= 11 is 1.61. The van der Waals surface area contributed by atoms with Crippen LogP contribution in [0.25, 0.3) is 10.2 Å². The molecular weight excluding hydrogens is 249 g/mol. The molecular formula is C14H10FNOS. The van der Waals surface area contributed by atoms with E-state index < -0.39 is 5.82 Å². The van der Waals surface area contributed by atoms with Crippen LogP contribution in [0.3, 0.4) is 0 Å². The van der Waals surface area contributed by atoms with Gasteiger partial charge in [-0.3, -0.25) is 0 Å². The van der Waals surface area contributed by atoms with Crippen LogP contribution in [0.5, 0.6) is 5.75 Å². The molecule has 0 fully saturated rings. The van der Waals surface area contributed by atoms with Gasteiger partial charge in [-0.15, -0.1) is 11.3 Å². The molecule has 3 rings (SSSR count). The minimum atomic E-state index is -0.589. The van der Waals surface area contributed by atoms with Crippen molar-refractivity contribution in [3.63, 3.8) is 0 Å². The van der Waals surface area contributed by atoms with Gasteiger partial charge in [-0.05, 0) is 29.8 Å². The highest BCUT2D eigenvalue weighted by Gasteiger charge is 2.06. The van der Waals surface area contributed by atoms with Gasteiger partial charge in [0.1, 0.15) is 0 Å². The molecule has 0 amide bonds. The molecule has 0 aliphatic heterocycles. The van der Waals surface area contributed by atoms with E-state index in [1.54, 1.807) is 17.4 Å². The second-order valence-corrected chi connectivity index (χ2v) is 5.15. The summed E-state index contributed by atoms with van der Waals surface area (Å²) in [6.07, 6.45) is 0.580. The number of thiazole rings is 1. The lowest BCUT2D eigenvalue weighted by Gasteiger charge is -1.99. The van der Waals surface area contributed by atoms with Gasteiger partial charge in [-0.1, -0.05) is 18.2 Å². The van der Waals surface area contributed by atoms with Gasteiger partial charge in [-0.2, -0.15) is 0 Å². The minimum Gasteiger partial charge on any atom is -0.505 e. The number of phenolic OH excluding ortho intramolecular Hbond substituents is 1. The van der Waals surface area contributed by atoms with E-state index in [0.29, 0.717) is 6.42 Å². The van der Waals surface area contributed by atoms with Crippen LogP contribution in [-0.4, -0.2) is 10.1 Å². The zero-order valence-corrected chi connectivity index (χ0v) is 10.2. The zero-order chi connectivity index (χ0) is 12.5. The van der Waals surface area contributed by atoms with Crippen molar-refractivity contribution < 1.29 is 9.50 Å². The third-order valence-electron chi connectivity index (χ3n) is 2.71. The highest BCUT2D eigenvalue weighted by Crippen LogP contribution is 2.25. The number of aromatic nitrogens is 1. The quantitative estimate of drug-likeness (QED) is 0.760. The Balaban J connectivity index is 1.93. The first-order valence-electron chi connectivity index (χ1n) is 5.54. The number of rotatable bonds is 2. The fourth-order valence-electron chi connectivity index (χ4n) is 1.83. The summed E-state index contributed by atoms with van der Waals surface area (Å²) in [6.45, 7) is 0. The maximum atomic E-state index is 13.2. The third kappa shape index (κ3) is 2.07. The van der Waals surface area contributed by atoms with Crippen LogP contribution in [0.1, 0.15) is 10.6 Å². The molecule has 18 heavy (non-hydrogen) atoms. The van der Waals surface area contributed by atoms with Crippen molar-refractivity contribution in [3.8, 4) is 5.75 Å². The number of nitrogens with zero attached hydrogens (tertiary/aromatic N) is 1. The van der Waals surface area contributed by atoms with Crippen molar-refractivity contribution in [1.82, 2.24) is 4.98 Å². The molecule has 0 unspecified atom stereocenters. The number of fused-ring (bicyclic) bond motifs is 1. The Morgan fingerprint density at radius 1 is 1.17 bits per heavy atom. The fourth-order valence-corrected chi connectivity index (χ4v) is 2.83. The number of phenols is 1. The van der Waals surface area contributed by atoms with Crippen LogP contribution in [0.4, 0.5) is 4.39 Å². The molecule has 1 heterocycles. The van der Waals surface area contributed by atoms with Crippen molar-refractivity contribution in [2.45, 2.75) is 6.42 Å². The average Bonchev–Trinajstić information content (AvgIpc) is 2.76. The number of para-hydroxylation sites is 1. The smallest absolute Gasteiger partial charge is 0.165 e. The van der Waals surface area contributed by atoms with Crippen LogP contribution >= 0.6 is 11.3 Å². The fraction of sp³-hybridized carbons (Fsp3) is 0.0714. The molecule has 3 aromatic rings. The second-order valence-electron chi connectivity index (χ2n) is 4.04. The Kier molecular flexibility index (Phi) is 2.72. The van der Waals surface area contributed by atoms with E-state index >= 15 is 0 Å². The lowest BCUT2D eigenvalue weighted by Crippen LogP contribution is -1.88. The molecule has 0 spiro atoms. The topological polar surface area (TPSA) is 33.1 Å². The van der Waals surface area contributed by atoms with Crippen LogP contribution < -0.4 is 0 Å². The van der Waals surface area contributed by atoms with Crippen molar-refractivity contribution >= 4 is 21.6 Å². The van der Waals surface area contributed by atoms with Crippen molar-refractivity contribution in [1.29, 1.82) is 0 Å². The Morgan fingerprint density at radius 3 is 2.78 bits per heavy atom. The average molecular weight is 259 g/mol. The van der Waals surface area contributed by atoms with Crippen molar-refractivity contribution in [3.05, 3.63) is 58.9 Å². The van der Waals surface area contributed by atoms with Gasteiger partial charge in [0.2, 0.25) is 0 Å². The normalized spacial score (nSPS) is 10.9. The highest BCUT2D eigenvalue weighted by atomic mass is 32.1. The standard InChI is InChI=1S/C14H10FNOS/c15-10-7-9(5-6-12(10)17)8-14-16-11-3-1-2-4-13(11)18-14/h1-7,17H,8H2. The summed E-state index contributed by atoms with van der Waals surface area (Å²) in [7, 11) is 0. The summed E-state index contributed by atoms with van der Waals surface area (Å²) < 4.78 is 14.4. The molecule has 0 aliphatic rings. The molecule has 0 aliphatic carbocycles. The number of benzene rings is 2. The molecule has 90 valence electrons. The summed E-state index contributed by atoms with van der Waals surface area (Å²) in [6, 6.07) is 12.3. The molecule has 0 radical (unpaired) electrons. The van der Waals surface area contributed by atoms with E-state index in [-0.39, 0.29) is 5.75 Å². The molecule has 0 bridgehead atoms. The summed E-state index contributed by atoms with van der Waals surface area (Å²) in [5, 5.41) is 10.1. The van der Waals surface area contributed by atoms with Gasteiger partial charge in [-0.25, -0.2) is 9.37 Å². The van der Waals surface area contributed by atoms with Gasteiger partial charge in [0.25, 0.3) is 0 Å². The van der Waals surface area contributed by atoms with E-state index in [0.717, 1.165) is 20.8 Å². The molecule has 2 aromatic carbocycles.